The molecule has 0 spiro atoms. The molecule has 0 aliphatic heterocycles. The summed E-state index contributed by atoms with van der Waals surface area (Å²) < 4.78 is 0. The lowest BCUT2D eigenvalue weighted by Crippen LogP contribution is -2.13. The van der Waals surface area contributed by atoms with Crippen molar-refractivity contribution < 1.29 is 0 Å². The van der Waals surface area contributed by atoms with Gasteiger partial charge in [-0.25, -0.2) is 0 Å². The Morgan fingerprint density at radius 1 is 1.27 bits per heavy atom. The summed E-state index contributed by atoms with van der Waals surface area (Å²) in [6.07, 6.45) is 2.19. The summed E-state index contributed by atoms with van der Waals surface area (Å²) in [4.78, 5) is 4.43. The van der Waals surface area contributed by atoms with Crippen LogP contribution in [0.15, 0.2) is 18.2 Å². The summed E-state index contributed by atoms with van der Waals surface area (Å²) in [6, 6.07) is 6.13. The van der Waals surface area contributed by atoms with Gasteiger partial charge in [0.1, 0.15) is 0 Å². The van der Waals surface area contributed by atoms with Crippen LogP contribution in [-0.2, 0) is 0 Å². The molecule has 1 aromatic rings. The molecule has 15 heavy (non-hydrogen) atoms. The molecular formula is C12H21ClN2. The predicted octanol–water partition coefficient (Wildman–Crippen LogP) is 3.25. The third-order valence-corrected chi connectivity index (χ3v) is 2.34. The second-order valence-corrected chi connectivity index (χ2v) is 4.28. The molecule has 0 aliphatic rings. The molecule has 86 valence electrons. The highest BCUT2D eigenvalue weighted by Crippen LogP contribution is 2.16. The fraction of sp³-hybridized carbons (Fsp3) is 0.583. The quantitative estimate of drug-likeness (QED) is 0.859. The Morgan fingerprint density at radius 3 is 2.47 bits per heavy atom. The van der Waals surface area contributed by atoms with Crippen LogP contribution >= 0.6 is 12.4 Å². The summed E-state index contributed by atoms with van der Waals surface area (Å²) in [5.74, 6) is 0.714. The van der Waals surface area contributed by atoms with Crippen LogP contribution in [0.2, 0.25) is 0 Å². The maximum atomic E-state index is 6.05. The molecule has 0 radical (unpaired) electrons. The standard InChI is InChI=1S/C12H20N2.ClH/c1-9(2)7-8-11(13)12-6-4-5-10(3)14-12;/h4-6,9,11H,7-8,13H2,1-3H3;1H. The molecule has 1 atom stereocenters. The number of aromatic nitrogens is 1. The molecule has 0 bridgehead atoms. The van der Waals surface area contributed by atoms with E-state index >= 15 is 0 Å². The van der Waals surface area contributed by atoms with Crippen molar-refractivity contribution in [2.45, 2.75) is 39.7 Å². The number of aryl methyl sites for hydroxylation is 1. The normalized spacial score (nSPS) is 12.3. The van der Waals surface area contributed by atoms with Crippen LogP contribution in [0.3, 0.4) is 0 Å². The van der Waals surface area contributed by atoms with Crippen LogP contribution in [-0.4, -0.2) is 4.98 Å². The minimum atomic E-state index is 0. The molecule has 1 rings (SSSR count). The number of nitrogens with two attached hydrogens (primary N) is 1. The molecular weight excluding hydrogens is 208 g/mol. The van der Waals surface area contributed by atoms with Gasteiger partial charge in [0.25, 0.3) is 0 Å². The lowest BCUT2D eigenvalue weighted by Gasteiger charge is -2.12. The maximum Gasteiger partial charge on any atom is 0.0574 e. The van der Waals surface area contributed by atoms with Crippen molar-refractivity contribution in [1.29, 1.82) is 0 Å². The first-order valence-electron chi connectivity index (χ1n) is 5.28. The maximum absolute atomic E-state index is 6.05. The summed E-state index contributed by atoms with van der Waals surface area (Å²) >= 11 is 0. The van der Waals surface area contributed by atoms with Crippen molar-refractivity contribution in [2.75, 3.05) is 0 Å². The Hall–Kier alpha value is -0.600. The van der Waals surface area contributed by atoms with Gasteiger partial charge in [0.2, 0.25) is 0 Å². The van der Waals surface area contributed by atoms with E-state index in [1.54, 1.807) is 0 Å². The summed E-state index contributed by atoms with van der Waals surface area (Å²) in [6.45, 7) is 6.44. The SMILES string of the molecule is Cc1cccc(C(N)CCC(C)C)n1.Cl. The highest BCUT2D eigenvalue weighted by molar-refractivity contribution is 5.85. The topological polar surface area (TPSA) is 38.9 Å². The van der Waals surface area contributed by atoms with E-state index in [0.717, 1.165) is 24.2 Å². The summed E-state index contributed by atoms with van der Waals surface area (Å²) in [5.41, 5.74) is 8.11. The fourth-order valence-corrected chi connectivity index (χ4v) is 1.43. The van der Waals surface area contributed by atoms with Gasteiger partial charge in [-0.3, -0.25) is 4.98 Å². The average molecular weight is 229 g/mol. The van der Waals surface area contributed by atoms with Gasteiger partial charge in [-0.05, 0) is 37.8 Å². The first kappa shape index (κ1) is 14.4. The number of rotatable bonds is 4. The molecule has 2 nitrogen and oxygen atoms in total. The monoisotopic (exact) mass is 228 g/mol. The largest absolute Gasteiger partial charge is 0.323 e. The van der Waals surface area contributed by atoms with Gasteiger partial charge in [-0.1, -0.05) is 19.9 Å². The van der Waals surface area contributed by atoms with Crippen molar-refractivity contribution in [3.63, 3.8) is 0 Å². The van der Waals surface area contributed by atoms with E-state index in [0.29, 0.717) is 5.92 Å². The number of hydrogen-bond acceptors (Lipinski definition) is 2. The first-order valence-corrected chi connectivity index (χ1v) is 5.28. The van der Waals surface area contributed by atoms with Crippen molar-refractivity contribution in [1.82, 2.24) is 4.98 Å². The van der Waals surface area contributed by atoms with Crippen LogP contribution in [0.25, 0.3) is 0 Å². The Kier molecular flexibility index (Phi) is 6.53. The van der Waals surface area contributed by atoms with Gasteiger partial charge >= 0.3 is 0 Å². The van der Waals surface area contributed by atoms with Crippen LogP contribution in [0.1, 0.15) is 44.1 Å². The molecule has 0 fully saturated rings. The fourth-order valence-electron chi connectivity index (χ4n) is 1.43. The van der Waals surface area contributed by atoms with Crippen molar-refractivity contribution in [2.24, 2.45) is 11.7 Å². The molecule has 0 amide bonds. The van der Waals surface area contributed by atoms with Gasteiger partial charge in [-0.2, -0.15) is 0 Å². The Morgan fingerprint density at radius 2 is 1.93 bits per heavy atom. The zero-order chi connectivity index (χ0) is 10.6. The molecule has 0 aromatic carbocycles. The Balaban J connectivity index is 0.00000196. The van der Waals surface area contributed by atoms with Crippen LogP contribution in [0, 0.1) is 12.8 Å². The highest BCUT2D eigenvalue weighted by atomic mass is 35.5. The van der Waals surface area contributed by atoms with E-state index in [4.69, 9.17) is 5.73 Å². The number of halogens is 1. The minimum Gasteiger partial charge on any atom is -0.323 e. The zero-order valence-electron chi connectivity index (χ0n) is 9.73. The Labute approximate surface area is 98.7 Å². The van der Waals surface area contributed by atoms with E-state index in [2.05, 4.69) is 18.8 Å². The van der Waals surface area contributed by atoms with E-state index in [1.807, 2.05) is 25.1 Å². The molecule has 0 saturated carbocycles. The average Bonchev–Trinajstić information content (AvgIpc) is 2.14. The van der Waals surface area contributed by atoms with Gasteiger partial charge < -0.3 is 5.73 Å². The predicted molar refractivity (Wildman–Crippen MR) is 67.2 cm³/mol. The summed E-state index contributed by atoms with van der Waals surface area (Å²) in [7, 11) is 0. The van der Waals surface area contributed by atoms with Crippen molar-refractivity contribution in [3.05, 3.63) is 29.6 Å². The molecule has 0 saturated heterocycles. The Bertz CT molecular complexity index is 287. The van der Waals surface area contributed by atoms with E-state index < -0.39 is 0 Å². The van der Waals surface area contributed by atoms with Crippen LogP contribution < -0.4 is 5.73 Å². The van der Waals surface area contributed by atoms with Crippen molar-refractivity contribution in [3.8, 4) is 0 Å². The number of pyridine rings is 1. The highest BCUT2D eigenvalue weighted by Gasteiger charge is 2.07. The van der Waals surface area contributed by atoms with E-state index in [-0.39, 0.29) is 18.4 Å². The molecule has 0 aliphatic carbocycles. The molecule has 3 heteroatoms. The third kappa shape index (κ3) is 5.14. The minimum absolute atomic E-state index is 0. The van der Waals surface area contributed by atoms with Crippen molar-refractivity contribution >= 4 is 12.4 Å². The smallest absolute Gasteiger partial charge is 0.0574 e. The van der Waals surface area contributed by atoms with Gasteiger partial charge in [-0.15, -0.1) is 12.4 Å². The van der Waals surface area contributed by atoms with Gasteiger partial charge in [0.05, 0.1) is 5.69 Å². The van der Waals surface area contributed by atoms with Gasteiger partial charge in [0, 0.05) is 11.7 Å². The third-order valence-electron chi connectivity index (χ3n) is 2.34. The second-order valence-electron chi connectivity index (χ2n) is 4.28. The molecule has 1 unspecified atom stereocenters. The number of hydrogen-bond donors (Lipinski definition) is 1. The lowest BCUT2D eigenvalue weighted by atomic mass is 10.0. The van der Waals surface area contributed by atoms with E-state index in [9.17, 15) is 0 Å². The first-order chi connectivity index (χ1) is 6.59. The zero-order valence-corrected chi connectivity index (χ0v) is 10.6. The van der Waals surface area contributed by atoms with Crippen LogP contribution in [0.5, 0.6) is 0 Å². The van der Waals surface area contributed by atoms with Gasteiger partial charge in [0.15, 0.2) is 0 Å². The molecule has 2 N–H and O–H groups in total. The van der Waals surface area contributed by atoms with Crippen LogP contribution in [0.4, 0.5) is 0 Å². The molecule has 1 aromatic heterocycles. The number of nitrogens with zero attached hydrogens (tertiary/aromatic N) is 1. The van der Waals surface area contributed by atoms with E-state index in [1.165, 1.54) is 0 Å². The lowest BCUT2D eigenvalue weighted by molar-refractivity contribution is 0.501. The summed E-state index contributed by atoms with van der Waals surface area (Å²) in [5, 5.41) is 0. The second kappa shape index (κ2) is 6.81. The molecule has 1 heterocycles.